The normalized spacial score (nSPS) is 14.0. The van der Waals surface area contributed by atoms with Crippen molar-refractivity contribution in [3.05, 3.63) is 44.2 Å². The summed E-state index contributed by atoms with van der Waals surface area (Å²) in [5, 5.41) is 3.75. The van der Waals surface area contributed by atoms with Crippen LogP contribution in [-0.2, 0) is 0 Å². The summed E-state index contributed by atoms with van der Waals surface area (Å²) in [6.45, 7) is 1.71. The monoisotopic (exact) mass is 383 g/mol. The molecule has 2 heterocycles. The van der Waals surface area contributed by atoms with Gasteiger partial charge in [-0.1, -0.05) is 35.4 Å². The second-order valence-corrected chi connectivity index (χ2v) is 6.65. The number of hydrogen-bond acceptors (Lipinski definition) is 5. The van der Waals surface area contributed by atoms with Crippen LogP contribution in [0, 0.1) is 0 Å². The fourth-order valence-corrected chi connectivity index (χ4v) is 3.16. The molecule has 1 saturated heterocycles. The van der Waals surface area contributed by atoms with Crippen molar-refractivity contribution in [3.8, 4) is 0 Å². The number of hydrogen-bond donors (Lipinski definition) is 3. The van der Waals surface area contributed by atoms with Crippen LogP contribution in [0.4, 0.5) is 17.5 Å². The van der Waals surface area contributed by atoms with Gasteiger partial charge in [-0.3, -0.25) is 9.78 Å². The Morgan fingerprint density at radius 3 is 2.62 bits per heavy atom. The van der Waals surface area contributed by atoms with E-state index in [1.807, 2.05) is 4.90 Å². The Balaban J connectivity index is 1.86. The molecule has 1 fully saturated rings. The minimum Gasteiger partial charge on any atom is -0.383 e. The van der Waals surface area contributed by atoms with Crippen molar-refractivity contribution in [3.63, 3.8) is 0 Å². The lowest BCUT2D eigenvalue weighted by Crippen LogP contribution is -2.30. The number of halogens is 2. The fraction of sp³-hybridized carbons (Fsp3) is 0.267. The molecular formula is C15H15Cl2N5OS. The Morgan fingerprint density at radius 1 is 1.29 bits per heavy atom. The van der Waals surface area contributed by atoms with E-state index in [9.17, 15) is 4.79 Å². The highest BCUT2D eigenvalue weighted by Gasteiger charge is 2.19. The summed E-state index contributed by atoms with van der Waals surface area (Å²) in [5.41, 5.74) is 6.34. The topological polar surface area (TPSA) is 87.0 Å². The molecule has 0 bridgehead atoms. The number of benzene rings is 1. The number of anilines is 3. The van der Waals surface area contributed by atoms with E-state index in [-0.39, 0.29) is 21.9 Å². The minimum absolute atomic E-state index is 0.0956. The Hall–Kier alpha value is -1.83. The molecular weight excluding hydrogens is 369 g/mol. The van der Waals surface area contributed by atoms with Crippen LogP contribution in [0.15, 0.2) is 23.0 Å². The summed E-state index contributed by atoms with van der Waals surface area (Å²) in [6, 6.07) is 4.96. The van der Waals surface area contributed by atoms with Crippen molar-refractivity contribution in [2.75, 3.05) is 29.0 Å². The van der Waals surface area contributed by atoms with Crippen LogP contribution in [0.3, 0.4) is 0 Å². The molecule has 24 heavy (non-hydrogen) atoms. The standard InChI is InChI=1S/C15H15Cl2N5OS/c16-9-4-3-8(7-10(9)17)19-14(24)11-12(18)20-15(21-13(11)23)22-5-1-2-6-22/h3-4,7H,1-2,5-6H2,(H,19,24)(H3,18,20,21,23). The van der Waals surface area contributed by atoms with Gasteiger partial charge in [0.05, 0.1) is 10.0 Å². The van der Waals surface area contributed by atoms with Crippen molar-refractivity contribution < 1.29 is 0 Å². The number of aromatic nitrogens is 2. The third-order valence-corrected chi connectivity index (χ3v) is 4.79. The zero-order valence-corrected chi connectivity index (χ0v) is 14.9. The molecule has 4 N–H and O–H groups in total. The predicted molar refractivity (Wildman–Crippen MR) is 103 cm³/mol. The summed E-state index contributed by atoms with van der Waals surface area (Å²) < 4.78 is 0. The largest absolute Gasteiger partial charge is 0.383 e. The highest BCUT2D eigenvalue weighted by atomic mass is 35.5. The lowest BCUT2D eigenvalue weighted by atomic mass is 10.2. The molecule has 2 aromatic rings. The summed E-state index contributed by atoms with van der Waals surface area (Å²) in [5.74, 6) is 0.578. The highest BCUT2D eigenvalue weighted by molar-refractivity contribution is 7.81. The van der Waals surface area contributed by atoms with E-state index in [0.717, 1.165) is 25.9 Å². The maximum atomic E-state index is 12.4. The van der Waals surface area contributed by atoms with E-state index < -0.39 is 0 Å². The number of aromatic amines is 1. The Bertz CT molecular complexity index is 848. The summed E-state index contributed by atoms with van der Waals surface area (Å²) in [7, 11) is 0. The van der Waals surface area contributed by atoms with Crippen molar-refractivity contribution in [1.29, 1.82) is 0 Å². The zero-order valence-electron chi connectivity index (χ0n) is 12.6. The first-order chi connectivity index (χ1) is 11.5. The van der Waals surface area contributed by atoms with Gasteiger partial charge in [0.25, 0.3) is 5.56 Å². The van der Waals surface area contributed by atoms with Crippen LogP contribution < -0.4 is 21.5 Å². The number of nitrogens with zero attached hydrogens (tertiary/aromatic N) is 2. The number of nitrogens with two attached hydrogens (primary N) is 1. The first kappa shape index (κ1) is 17.0. The van der Waals surface area contributed by atoms with Gasteiger partial charge in [0.2, 0.25) is 5.95 Å². The molecule has 3 rings (SSSR count). The maximum Gasteiger partial charge on any atom is 0.264 e. The van der Waals surface area contributed by atoms with Gasteiger partial charge < -0.3 is 16.0 Å². The number of H-pyrrole nitrogens is 1. The van der Waals surface area contributed by atoms with Gasteiger partial charge in [-0.25, -0.2) is 0 Å². The maximum absolute atomic E-state index is 12.4. The lowest BCUT2D eigenvalue weighted by Gasteiger charge is -2.17. The molecule has 0 unspecified atom stereocenters. The lowest BCUT2D eigenvalue weighted by molar-refractivity contribution is 0.891. The summed E-state index contributed by atoms with van der Waals surface area (Å²) >= 11 is 17.1. The second-order valence-electron chi connectivity index (χ2n) is 5.43. The molecule has 0 spiro atoms. The van der Waals surface area contributed by atoms with Crippen molar-refractivity contribution >= 4 is 57.9 Å². The molecule has 0 aliphatic carbocycles. The van der Waals surface area contributed by atoms with Gasteiger partial charge in [-0.2, -0.15) is 4.98 Å². The Labute approximate surface area is 154 Å². The van der Waals surface area contributed by atoms with Gasteiger partial charge >= 0.3 is 0 Å². The molecule has 1 aromatic carbocycles. The molecule has 0 amide bonds. The molecule has 1 aliphatic rings. The Kier molecular flexibility index (Phi) is 4.93. The van der Waals surface area contributed by atoms with Crippen LogP contribution in [0.25, 0.3) is 0 Å². The smallest absolute Gasteiger partial charge is 0.264 e. The van der Waals surface area contributed by atoms with Crippen LogP contribution >= 0.6 is 35.4 Å². The first-order valence-corrected chi connectivity index (χ1v) is 8.53. The van der Waals surface area contributed by atoms with Crippen LogP contribution in [0.1, 0.15) is 18.4 Å². The molecule has 0 atom stereocenters. The molecule has 0 saturated carbocycles. The van der Waals surface area contributed by atoms with E-state index in [0.29, 0.717) is 21.7 Å². The average molecular weight is 384 g/mol. The third-order valence-electron chi connectivity index (χ3n) is 3.75. The molecule has 1 aromatic heterocycles. The van der Waals surface area contributed by atoms with E-state index in [4.69, 9.17) is 41.2 Å². The van der Waals surface area contributed by atoms with Crippen LogP contribution in [0.5, 0.6) is 0 Å². The van der Waals surface area contributed by atoms with E-state index in [1.165, 1.54) is 0 Å². The summed E-state index contributed by atoms with van der Waals surface area (Å²) in [6.07, 6.45) is 2.14. The van der Waals surface area contributed by atoms with Gasteiger partial charge in [-0.15, -0.1) is 0 Å². The second kappa shape index (κ2) is 6.96. The molecule has 1 aliphatic heterocycles. The average Bonchev–Trinajstić information content (AvgIpc) is 3.04. The van der Waals surface area contributed by atoms with Crippen LogP contribution in [-0.4, -0.2) is 28.0 Å². The first-order valence-electron chi connectivity index (χ1n) is 7.37. The number of nitrogens with one attached hydrogen (secondary N) is 2. The fourth-order valence-electron chi connectivity index (χ4n) is 2.54. The molecule has 9 heteroatoms. The SMILES string of the molecule is Nc1nc(N2CCCC2)[nH]c(=O)c1C(=S)Nc1ccc(Cl)c(Cl)c1. The number of nitrogen functional groups attached to an aromatic ring is 1. The van der Waals surface area contributed by atoms with E-state index >= 15 is 0 Å². The minimum atomic E-state index is -0.373. The predicted octanol–water partition coefficient (Wildman–Crippen LogP) is 3.05. The quantitative estimate of drug-likeness (QED) is 0.706. The van der Waals surface area contributed by atoms with Gasteiger partial charge in [-0.05, 0) is 31.0 Å². The molecule has 0 radical (unpaired) electrons. The van der Waals surface area contributed by atoms with E-state index in [1.54, 1.807) is 18.2 Å². The zero-order chi connectivity index (χ0) is 17.3. The third kappa shape index (κ3) is 3.48. The van der Waals surface area contributed by atoms with E-state index in [2.05, 4.69) is 15.3 Å². The summed E-state index contributed by atoms with van der Waals surface area (Å²) in [4.78, 5) is 21.6. The van der Waals surface area contributed by atoms with Gasteiger partial charge in [0.1, 0.15) is 16.4 Å². The number of rotatable bonds is 3. The van der Waals surface area contributed by atoms with Gasteiger partial charge in [0, 0.05) is 18.8 Å². The highest BCUT2D eigenvalue weighted by Crippen LogP contribution is 2.25. The molecule has 6 nitrogen and oxygen atoms in total. The molecule has 126 valence electrons. The van der Waals surface area contributed by atoms with Crippen molar-refractivity contribution in [1.82, 2.24) is 9.97 Å². The van der Waals surface area contributed by atoms with Crippen molar-refractivity contribution in [2.45, 2.75) is 12.8 Å². The van der Waals surface area contributed by atoms with Gasteiger partial charge in [0.15, 0.2) is 0 Å². The van der Waals surface area contributed by atoms with Crippen molar-refractivity contribution in [2.24, 2.45) is 0 Å². The Morgan fingerprint density at radius 2 is 2.00 bits per heavy atom. The number of thiocarbonyl (C=S) groups is 1. The van der Waals surface area contributed by atoms with Crippen LogP contribution in [0.2, 0.25) is 10.0 Å².